The molecule has 0 unspecified atom stereocenters. The minimum atomic E-state index is 0.342. The molecule has 5 aliphatic heterocycles. The zero-order valence-corrected chi connectivity index (χ0v) is 33.8. The molecule has 0 amide bonds. The van der Waals surface area contributed by atoms with E-state index in [1.807, 2.05) is 60.7 Å². The third-order valence-electron chi connectivity index (χ3n) is 11.4. The van der Waals surface area contributed by atoms with Crippen molar-refractivity contribution in [1.82, 2.24) is 19.9 Å². The molecule has 9 aromatic rings. The lowest BCUT2D eigenvalue weighted by atomic mass is 9.91. The van der Waals surface area contributed by atoms with Gasteiger partial charge in [-0.05, 0) is 84.9 Å². The number of hydrogen-bond acceptors (Lipinski definition) is 4. The van der Waals surface area contributed by atoms with E-state index in [2.05, 4.69) is 141 Å². The van der Waals surface area contributed by atoms with Crippen molar-refractivity contribution >= 4 is 0 Å². The second-order valence-electron chi connectivity index (χ2n) is 15.2. The number of aromatic amines is 4. The van der Waals surface area contributed by atoms with Crippen LogP contribution in [0.3, 0.4) is 0 Å². The maximum Gasteiger partial charge on any atom is 0.191 e. The first kappa shape index (κ1) is 36.9. The van der Waals surface area contributed by atoms with Gasteiger partial charge in [0.2, 0.25) is 0 Å². The molecule has 8 nitrogen and oxygen atoms in total. The van der Waals surface area contributed by atoms with Crippen molar-refractivity contribution in [3.63, 3.8) is 0 Å². The molecular weight excluding hydrogens is 769 g/mol. The molecule has 0 aliphatic carbocycles. The van der Waals surface area contributed by atoms with E-state index in [1.165, 1.54) is 0 Å². The minimum Gasteiger partial charge on any atom is -0.490 e. The van der Waals surface area contributed by atoms with Crippen LogP contribution in [0.2, 0.25) is 0 Å². The van der Waals surface area contributed by atoms with Gasteiger partial charge in [0.15, 0.2) is 11.5 Å². The predicted octanol–water partition coefficient (Wildman–Crippen LogP) is 10.6. The fourth-order valence-electron chi connectivity index (χ4n) is 8.59. The monoisotopic (exact) mass is 810 g/mol. The highest BCUT2D eigenvalue weighted by Gasteiger charge is 2.39. The van der Waals surface area contributed by atoms with Crippen molar-refractivity contribution in [2.45, 2.75) is 0 Å². The topological polar surface area (TPSA) is 100 Å². The van der Waals surface area contributed by atoms with Gasteiger partial charge in [-0.2, -0.15) is 0 Å². The molecule has 8 heteroatoms. The number of hydrogen-bond donors (Lipinski definition) is 4. The normalized spacial score (nSPS) is 13.9. The van der Waals surface area contributed by atoms with Crippen LogP contribution in [0, 0.1) is 23.7 Å². The van der Waals surface area contributed by atoms with E-state index in [1.54, 1.807) is 0 Å². The van der Waals surface area contributed by atoms with E-state index in [0.717, 1.165) is 114 Å². The highest BCUT2D eigenvalue weighted by Crippen LogP contribution is 2.42. The Morgan fingerprint density at radius 1 is 0.274 bits per heavy atom. The van der Waals surface area contributed by atoms with Crippen LogP contribution in [0.1, 0.15) is 67.8 Å². The van der Waals surface area contributed by atoms with Gasteiger partial charge in [0.25, 0.3) is 0 Å². The number of benzene rings is 5. The zero-order valence-electron chi connectivity index (χ0n) is 33.8. The molecule has 9 heterocycles. The van der Waals surface area contributed by atoms with E-state index in [4.69, 9.17) is 18.9 Å². The van der Waals surface area contributed by atoms with Gasteiger partial charge in [-0.3, -0.25) is 0 Å². The maximum absolute atomic E-state index is 6.56. The van der Waals surface area contributed by atoms with E-state index >= 15 is 0 Å². The average Bonchev–Trinajstić information content (AvgIpc) is 4.17. The lowest BCUT2D eigenvalue weighted by Gasteiger charge is -2.15. The molecule has 298 valence electrons. The molecule has 5 aliphatic rings. The number of nitrogens with one attached hydrogen (secondary N) is 4. The second-order valence-corrected chi connectivity index (χ2v) is 15.2. The lowest BCUT2D eigenvalue weighted by molar-refractivity contribution is 0.212. The Morgan fingerprint density at radius 3 is 0.919 bits per heavy atom. The number of para-hydroxylation sites is 2. The second kappa shape index (κ2) is 16.2. The summed E-state index contributed by atoms with van der Waals surface area (Å²) in [6.45, 7) is 1.40. The Labute approximate surface area is 360 Å². The highest BCUT2D eigenvalue weighted by molar-refractivity contribution is 5.66. The summed E-state index contributed by atoms with van der Waals surface area (Å²) in [7, 11) is 0. The van der Waals surface area contributed by atoms with E-state index < -0.39 is 0 Å². The maximum atomic E-state index is 6.56. The molecule has 4 N–H and O–H groups in total. The molecule has 0 saturated carbocycles. The van der Waals surface area contributed by atoms with Gasteiger partial charge in [-0.15, -0.1) is 0 Å². The summed E-state index contributed by atoms with van der Waals surface area (Å²) in [5, 5.41) is 0. The van der Waals surface area contributed by atoms with Crippen molar-refractivity contribution in [2.24, 2.45) is 0 Å². The Bertz CT molecular complexity index is 2620. The van der Waals surface area contributed by atoms with Crippen molar-refractivity contribution in [3.8, 4) is 23.0 Å². The van der Waals surface area contributed by atoms with Crippen LogP contribution in [0.25, 0.3) is 0 Å². The average molecular weight is 811 g/mol. The molecule has 0 atom stereocenters. The molecule has 0 spiro atoms. The van der Waals surface area contributed by atoms with Crippen LogP contribution in [0.15, 0.2) is 182 Å². The predicted molar refractivity (Wildman–Crippen MR) is 240 cm³/mol. The summed E-state index contributed by atoms with van der Waals surface area (Å²) in [6.07, 6.45) is 0. The quantitative estimate of drug-likeness (QED) is 0.131. The summed E-state index contributed by atoms with van der Waals surface area (Å²) in [6, 6.07) is 62.4. The van der Waals surface area contributed by atoms with Crippen LogP contribution >= 0.6 is 0 Å². The van der Waals surface area contributed by atoms with Gasteiger partial charge in [0.1, 0.15) is 118 Å². The van der Waals surface area contributed by atoms with Crippen LogP contribution in [0.4, 0.5) is 0 Å². The third kappa shape index (κ3) is 7.07. The Balaban J connectivity index is 1.14. The van der Waals surface area contributed by atoms with Gasteiger partial charge in [0, 0.05) is 48.5 Å². The van der Waals surface area contributed by atoms with Gasteiger partial charge in [-0.1, -0.05) is 0 Å². The molecular formula is C54H42N4O4+4. The van der Waals surface area contributed by atoms with Gasteiger partial charge in [-0.25, -0.2) is 0 Å². The van der Waals surface area contributed by atoms with Gasteiger partial charge < -0.3 is 38.9 Å². The molecule has 12 bridgehead atoms. The van der Waals surface area contributed by atoms with E-state index in [9.17, 15) is 0 Å². The molecule has 14 rings (SSSR count). The number of H-pyrrole nitrogens is 4. The first-order chi connectivity index (χ1) is 30.7. The lowest BCUT2D eigenvalue weighted by Crippen LogP contribution is -2.14. The summed E-state index contributed by atoms with van der Waals surface area (Å²) in [5.74, 6) is 6.98. The summed E-state index contributed by atoms with van der Waals surface area (Å²) >= 11 is 0. The highest BCUT2D eigenvalue weighted by atomic mass is 16.5. The minimum absolute atomic E-state index is 0.342. The van der Waals surface area contributed by atoms with E-state index in [0.29, 0.717) is 26.4 Å². The molecule has 0 radical (unpaired) electrons. The molecule has 0 saturated heterocycles. The Kier molecular flexibility index (Phi) is 9.63. The van der Waals surface area contributed by atoms with E-state index in [-0.39, 0.29) is 0 Å². The number of ether oxygens (including phenoxy) is 4. The van der Waals surface area contributed by atoms with Gasteiger partial charge >= 0.3 is 0 Å². The number of aromatic nitrogens is 4. The van der Waals surface area contributed by atoms with Crippen LogP contribution in [-0.2, 0) is 0 Å². The SMILES string of the molecule is c1ccc([C+]2c3ccc([nH]3)[C+]3c4ccc([nH]4)[C+](c4ccccc4)c4ccc([nH]4)[C+](c4ccc2[nH]4)c2ccccc2OCCOc2ccc(cc2)OCCOc2ccccc23)cc1. The smallest absolute Gasteiger partial charge is 0.191 e. The van der Waals surface area contributed by atoms with Crippen molar-refractivity contribution in [1.29, 1.82) is 0 Å². The third-order valence-corrected chi connectivity index (χ3v) is 11.4. The largest absolute Gasteiger partial charge is 0.490 e. The Hall–Kier alpha value is -8.10. The van der Waals surface area contributed by atoms with Crippen LogP contribution < -0.4 is 18.9 Å². The standard InChI is InChI=1S/C54H42N4O4/c1-3-11-35(12-4-1)51-41-23-27-45(55-41)53-39-15-7-9-17-49(39)61-33-31-59-37-19-21-38(22-20-37)60-32-34-62-50-18-10-8-16-40(50)54(46-28-24-42(51)56-46)48-30-26-44(58-48)52(36-13-5-2-6-14-36)43-25-29-47(53)57-43/h1-30,55-58H,31-34H2/q+4. The zero-order chi connectivity index (χ0) is 41.2. The molecule has 4 aromatic heterocycles. The summed E-state index contributed by atoms with van der Waals surface area (Å²) in [5.41, 5.74) is 11.6. The Morgan fingerprint density at radius 2 is 0.565 bits per heavy atom. The molecule has 62 heavy (non-hydrogen) atoms. The fraction of sp³-hybridized carbons (Fsp3) is 0.0741. The van der Waals surface area contributed by atoms with Crippen LogP contribution in [-0.4, -0.2) is 46.4 Å². The molecule has 0 fully saturated rings. The summed E-state index contributed by atoms with van der Waals surface area (Å²) in [4.78, 5) is 15.5. The van der Waals surface area contributed by atoms with Crippen molar-refractivity contribution < 1.29 is 18.9 Å². The first-order valence-corrected chi connectivity index (χ1v) is 20.9. The van der Waals surface area contributed by atoms with Crippen molar-refractivity contribution in [3.05, 3.63) is 273 Å². The molecule has 5 aromatic carbocycles. The summed E-state index contributed by atoms with van der Waals surface area (Å²) < 4.78 is 25.4. The fourth-order valence-corrected chi connectivity index (χ4v) is 8.59. The van der Waals surface area contributed by atoms with Crippen LogP contribution in [0.5, 0.6) is 23.0 Å². The number of rotatable bonds is 2. The van der Waals surface area contributed by atoms with Crippen molar-refractivity contribution in [2.75, 3.05) is 26.4 Å². The first-order valence-electron chi connectivity index (χ1n) is 20.9. The van der Waals surface area contributed by atoms with Gasteiger partial charge in [0.05, 0.1) is 59.7 Å².